The second-order valence-corrected chi connectivity index (χ2v) is 6.87. The Morgan fingerprint density at radius 1 is 1.11 bits per heavy atom. The molecule has 1 fully saturated rings. The first-order valence-corrected chi connectivity index (χ1v) is 9.28. The first-order chi connectivity index (χ1) is 13.6. The van der Waals surface area contributed by atoms with Crippen molar-refractivity contribution in [2.45, 2.75) is 18.8 Å². The smallest absolute Gasteiger partial charge is 0.269 e. The van der Waals surface area contributed by atoms with Crippen molar-refractivity contribution in [3.05, 3.63) is 76.0 Å². The Morgan fingerprint density at radius 3 is 2.57 bits per heavy atom. The van der Waals surface area contributed by atoms with Gasteiger partial charge in [0.1, 0.15) is 0 Å². The van der Waals surface area contributed by atoms with E-state index in [4.69, 9.17) is 4.98 Å². The van der Waals surface area contributed by atoms with Crippen LogP contribution in [0.1, 0.15) is 34.8 Å². The standard InChI is InChI=1S/C21H20N4O3/c26-21(23-12-11-22-15-7-9-16(10-8-15)25(27)28)18-13-20(14-5-6-14)24-19-4-2-1-3-17(18)19/h1-4,7-10,13-14,22H,5-6,11-12H2,(H,23,26). The molecule has 1 heterocycles. The molecular weight excluding hydrogens is 356 g/mol. The maximum Gasteiger partial charge on any atom is 0.269 e. The van der Waals surface area contributed by atoms with Crippen LogP contribution in [0.5, 0.6) is 0 Å². The monoisotopic (exact) mass is 376 g/mol. The molecule has 1 saturated carbocycles. The Bertz CT molecular complexity index is 1030. The molecule has 0 spiro atoms. The number of nitrogens with one attached hydrogen (secondary N) is 2. The second-order valence-electron chi connectivity index (χ2n) is 6.87. The molecule has 142 valence electrons. The number of aromatic nitrogens is 1. The van der Waals surface area contributed by atoms with E-state index in [1.807, 2.05) is 30.3 Å². The third-order valence-corrected chi connectivity index (χ3v) is 4.79. The number of fused-ring (bicyclic) bond motifs is 1. The Balaban J connectivity index is 1.39. The fourth-order valence-corrected chi connectivity index (χ4v) is 3.15. The summed E-state index contributed by atoms with van der Waals surface area (Å²) in [6, 6.07) is 15.8. The fraction of sp³-hybridized carbons (Fsp3) is 0.238. The van der Waals surface area contributed by atoms with Crippen molar-refractivity contribution < 1.29 is 9.72 Å². The van der Waals surface area contributed by atoms with Crippen LogP contribution in [-0.2, 0) is 0 Å². The Morgan fingerprint density at radius 2 is 1.86 bits per heavy atom. The lowest BCUT2D eigenvalue weighted by Crippen LogP contribution is -2.29. The van der Waals surface area contributed by atoms with Gasteiger partial charge in [-0.05, 0) is 37.1 Å². The number of hydrogen-bond acceptors (Lipinski definition) is 5. The molecule has 4 rings (SSSR count). The number of nitro groups is 1. The van der Waals surface area contributed by atoms with Crippen molar-refractivity contribution in [2.75, 3.05) is 18.4 Å². The van der Waals surface area contributed by atoms with E-state index in [-0.39, 0.29) is 11.6 Å². The highest BCUT2D eigenvalue weighted by atomic mass is 16.6. The van der Waals surface area contributed by atoms with Gasteiger partial charge < -0.3 is 10.6 Å². The fourth-order valence-electron chi connectivity index (χ4n) is 3.15. The molecule has 2 N–H and O–H groups in total. The van der Waals surface area contributed by atoms with E-state index in [2.05, 4.69) is 10.6 Å². The van der Waals surface area contributed by atoms with Crippen LogP contribution < -0.4 is 10.6 Å². The predicted octanol–water partition coefficient (Wildman–Crippen LogP) is 3.86. The molecule has 0 radical (unpaired) electrons. The molecule has 0 aliphatic heterocycles. The van der Waals surface area contributed by atoms with Crippen molar-refractivity contribution in [3.63, 3.8) is 0 Å². The van der Waals surface area contributed by atoms with Crippen molar-refractivity contribution in [1.82, 2.24) is 10.3 Å². The summed E-state index contributed by atoms with van der Waals surface area (Å²) < 4.78 is 0. The predicted molar refractivity (Wildman–Crippen MR) is 108 cm³/mol. The van der Waals surface area contributed by atoms with Gasteiger partial charge in [-0.2, -0.15) is 0 Å². The van der Waals surface area contributed by atoms with Crippen LogP contribution in [0.4, 0.5) is 11.4 Å². The van der Waals surface area contributed by atoms with Crippen LogP contribution in [0.25, 0.3) is 10.9 Å². The SMILES string of the molecule is O=C(NCCNc1ccc([N+](=O)[O-])cc1)c1cc(C2CC2)nc2ccccc12. The average molecular weight is 376 g/mol. The van der Waals surface area contributed by atoms with Crippen molar-refractivity contribution in [2.24, 2.45) is 0 Å². The lowest BCUT2D eigenvalue weighted by Gasteiger charge is -2.11. The highest BCUT2D eigenvalue weighted by Gasteiger charge is 2.26. The number of benzene rings is 2. The molecule has 1 amide bonds. The van der Waals surface area contributed by atoms with Gasteiger partial charge in [0.2, 0.25) is 0 Å². The molecule has 0 atom stereocenters. The summed E-state index contributed by atoms with van der Waals surface area (Å²) in [5, 5.41) is 17.6. The largest absolute Gasteiger partial charge is 0.383 e. The van der Waals surface area contributed by atoms with Crippen molar-refractivity contribution in [3.8, 4) is 0 Å². The Labute approximate surface area is 161 Å². The molecule has 0 unspecified atom stereocenters. The van der Waals surface area contributed by atoms with E-state index in [1.165, 1.54) is 12.1 Å². The number of para-hydroxylation sites is 1. The quantitative estimate of drug-likeness (QED) is 0.371. The molecule has 1 aliphatic carbocycles. The number of nitrogens with zero attached hydrogens (tertiary/aromatic N) is 2. The average Bonchev–Trinajstić information content (AvgIpc) is 3.56. The van der Waals surface area contributed by atoms with Crippen molar-refractivity contribution >= 4 is 28.2 Å². The van der Waals surface area contributed by atoms with Gasteiger partial charge in [0, 0.05) is 47.9 Å². The molecule has 0 bridgehead atoms. The van der Waals surface area contributed by atoms with E-state index < -0.39 is 4.92 Å². The molecular formula is C21H20N4O3. The third kappa shape index (κ3) is 3.93. The highest BCUT2D eigenvalue weighted by molar-refractivity contribution is 6.06. The lowest BCUT2D eigenvalue weighted by molar-refractivity contribution is -0.384. The molecule has 3 aromatic rings. The number of hydrogen-bond donors (Lipinski definition) is 2. The maximum atomic E-state index is 12.7. The van der Waals surface area contributed by atoms with Gasteiger partial charge in [-0.1, -0.05) is 18.2 Å². The number of carbonyl (C=O) groups excluding carboxylic acids is 1. The third-order valence-electron chi connectivity index (χ3n) is 4.79. The lowest BCUT2D eigenvalue weighted by atomic mass is 10.1. The molecule has 1 aliphatic rings. The van der Waals surface area contributed by atoms with Crippen LogP contribution >= 0.6 is 0 Å². The summed E-state index contributed by atoms with van der Waals surface area (Å²) in [6.45, 7) is 0.952. The highest BCUT2D eigenvalue weighted by Crippen LogP contribution is 2.40. The minimum atomic E-state index is -0.432. The molecule has 0 saturated heterocycles. The summed E-state index contributed by atoms with van der Waals surface area (Å²) in [6.07, 6.45) is 2.26. The Hall–Kier alpha value is -3.48. The zero-order valence-corrected chi connectivity index (χ0v) is 15.2. The maximum absolute atomic E-state index is 12.7. The number of amides is 1. The van der Waals surface area contributed by atoms with Gasteiger partial charge in [0.05, 0.1) is 16.0 Å². The van der Waals surface area contributed by atoms with Gasteiger partial charge >= 0.3 is 0 Å². The van der Waals surface area contributed by atoms with Gasteiger partial charge in [-0.3, -0.25) is 19.9 Å². The van der Waals surface area contributed by atoms with Crippen LogP contribution in [0, 0.1) is 10.1 Å². The summed E-state index contributed by atoms with van der Waals surface area (Å²) in [5.41, 5.74) is 3.32. The number of anilines is 1. The van der Waals surface area contributed by atoms with E-state index in [0.717, 1.165) is 35.1 Å². The molecule has 28 heavy (non-hydrogen) atoms. The Kier molecular flexibility index (Phi) is 4.89. The van der Waals surface area contributed by atoms with Crippen LogP contribution in [-0.4, -0.2) is 28.9 Å². The normalized spacial score (nSPS) is 13.3. The summed E-state index contributed by atoms with van der Waals surface area (Å²) in [7, 11) is 0. The van der Waals surface area contributed by atoms with Gasteiger partial charge in [-0.25, -0.2) is 0 Å². The zero-order valence-electron chi connectivity index (χ0n) is 15.2. The summed E-state index contributed by atoms with van der Waals surface area (Å²) in [4.78, 5) is 27.7. The van der Waals surface area contributed by atoms with Crippen LogP contribution in [0.2, 0.25) is 0 Å². The van der Waals surface area contributed by atoms with Gasteiger partial charge in [0.15, 0.2) is 0 Å². The topological polar surface area (TPSA) is 97.2 Å². The van der Waals surface area contributed by atoms with E-state index in [9.17, 15) is 14.9 Å². The minimum absolute atomic E-state index is 0.0508. The summed E-state index contributed by atoms with van der Waals surface area (Å²) in [5.74, 6) is 0.353. The van der Waals surface area contributed by atoms with E-state index >= 15 is 0 Å². The molecule has 7 heteroatoms. The number of pyridine rings is 1. The first kappa shape index (κ1) is 17.9. The van der Waals surface area contributed by atoms with Crippen molar-refractivity contribution in [1.29, 1.82) is 0 Å². The molecule has 2 aromatic carbocycles. The number of carbonyl (C=O) groups is 1. The van der Waals surface area contributed by atoms with Gasteiger partial charge in [0.25, 0.3) is 11.6 Å². The molecule has 7 nitrogen and oxygen atoms in total. The van der Waals surface area contributed by atoms with Crippen LogP contribution in [0.15, 0.2) is 54.6 Å². The zero-order chi connectivity index (χ0) is 19.5. The second kappa shape index (κ2) is 7.64. The van der Waals surface area contributed by atoms with E-state index in [1.54, 1.807) is 12.1 Å². The molecule has 1 aromatic heterocycles. The van der Waals surface area contributed by atoms with E-state index in [0.29, 0.717) is 24.6 Å². The first-order valence-electron chi connectivity index (χ1n) is 9.28. The van der Waals surface area contributed by atoms with Gasteiger partial charge in [-0.15, -0.1) is 0 Å². The summed E-state index contributed by atoms with van der Waals surface area (Å²) >= 11 is 0. The number of nitro benzene ring substituents is 1. The minimum Gasteiger partial charge on any atom is -0.383 e. The number of non-ortho nitro benzene ring substituents is 1. The number of rotatable bonds is 7. The van der Waals surface area contributed by atoms with Crippen LogP contribution in [0.3, 0.4) is 0 Å².